The molecule has 0 saturated carbocycles. The van der Waals surface area contributed by atoms with Crippen molar-refractivity contribution in [3.8, 4) is 5.75 Å². The molecule has 7 heteroatoms. The first-order valence-electron chi connectivity index (χ1n) is 5.52. The fourth-order valence-electron chi connectivity index (χ4n) is 1.53. The molecule has 0 N–H and O–H groups in total. The first-order chi connectivity index (χ1) is 9.46. The molecule has 0 spiro atoms. The summed E-state index contributed by atoms with van der Waals surface area (Å²) in [7, 11) is 1.51. The maximum Gasteiger partial charge on any atom is 0.268 e. The molecule has 0 aliphatic rings. The molecule has 2 aromatic carbocycles. The molecule has 0 aliphatic heterocycles. The Morgan fingerprint density at radius 1 is 1.05 bits per heavy atom. The molecule has 0 heterocycles. The van der Waals surface area contributed by atoms with Crippen LogP contribution in [0.1, 0.15) is 0 Å². The SMILES string of the molecule is COP(=S)(Oc1cc(Cl)cc(Cl)c1Cl)c1ccccc1. The first-order valence-corrected chi connectivity index (χ1v) is 9.29. The van der Waals surface area contributed by atoms with Crippen molar-refractivity contribution in [3.63, 3.8) is 0 Å². The minimum absolute atomic E-state index is 0.262. The lowest BCUT2D eigenvalue weighted by atomic mass is 10.3. The summed E-state index contributed by atoms with van der Waals surface area (Å²) < 4.78 is 11.3. The average Bonchev–Trinajstić information content (AvgIpc) is 2.45. The van der Waals surface area contributed by atoms with Crippen molar-refractivity contribution in [2.45, 2.75) is 0 Å². The van der Waals surface area contributed by atoms with Crippen molar-refractivity contribution in [1.29, 1.82) is 0 Å². The molecule has 0 aromatic heterocycles. The van der Waals surface area contributed by atoms with Gasteiger partial charge in [0, 0.05) is 23.5 Å². The van der Waals surface area contributed by atoms with Crippen LogP contribution in [-0.4, -0.2) is 7.11 Å². The van der Waals surface area contributed by atoms with E-state index < -0.39 is 6.49 Å². The van der Waals surface area contributed by atoms with Gasteiger partial charge in [0.1, 0.15) is 10.8 Å². The molecular formula is C13H10Cl3O2PS. The van der Waals surface area contributed by atoms with Crippen molar-refractivity contribution >= 4 is 58.4 Å². The zero-order valence-corrected chi connectivity index (χ0v) is 14.3. The van der Waals surface area contributed by atoms with Crippen molar-refractivity contribution in [2.75, 3.05) is 7.11 Å². The smallest absolute Gasteiger partial charge is 0.268 e. The second kappa shape index (κ2) is 6.65. The second-order valence-corrected chi connectivity index (χ2v) is 8.53. The van der Waals surface area contributed by atoms with Gasteiger partial charge < -0.3 is 9.05 Å². The highest BCUT2D eigenvalue weighted by molar-refractivity contribution is 8.13. The molecule has 0 saturated heterocycles. The van der Waals surface area contributed by atoms with E-state index >= 15 is 0 Å². The predicted molar refractivity (Wildman–Crippen MR) is 89.5 cm³/mol. The summed E-state index contributed by atoms with van der Waals surface area (Å²) in [5.41, 5.74) is 0. The molecule has 20 heavy (non-hydrogen) atoms. The fourth-order valence-corrected chi connectivity index (χ4v) is 4.15. The molecular weight excluding hydrogens is 358 g/mol. The van der Waals surface area contributed by atoms with Crippen LogP contribution in [0.15, 0.2) is 42.5 Å². The van der Waals surface area contributed by atoms with Gasteiger partial charge in [-0.15, -0.1) is 0 Å². The zero-order chi connectivity index (χ0) is 14.8. The third-order valence-electron chi connectivity index (χ3n) is 2.49. The summed E-state index contributed by atoms with van der Waals surface area (Å²) >= 11 is 23.6. The molecule has 0 amide bonds. The Labute approximate surface area is 137 Å². The van der Waals surface area contributed by atoms with Crippen LogP contribution >= 0.6 is 41.3 Å². The standard InChI is InChI=1S/C13H10Cl3O2PS/c1-17-19(20,10-5-3-2-4-6-10)18-12-8-9(14)7-11(15)13(12)16/h2-8H,1H3. The first kappa shape index (κ1) is 16.1. The molecule has 0 radical (unpaired) electrons. The highest BCUT2D eigenvalue weighted by Crippen LogP contribution is 2.50. The fraction of sp³-hybridized carbons (Fsp3) is 0.0769. The topological polar surface area (TPSA) is 18.5 Å². The van der Waals surface area contributed by atoms with Crippen LogP contribution in [0.4, 0.5) is 0 Å². The molecule has 2 aromatic rings. The van der Waals surface area contributed by atoms with Crippen LogP contribution in [-0.2, 0) is 16.3 Å². The molecule has 106 valence electrons. The molecule has 0 aliphatic carbocycles. The highest BCUT2D eigenvalue weighted by atomic mass is 35.5. The Hall–Kier alpha value is -0.280. The van der Waals surface area contributed by atoms with E-state index in [9.17, 15) is 0 Å². The Balaban J connectivity index is 2.44. The Kier molecular flexibility index (Phi) is 5.36. The Morgan fingerprint density at radius 3 is 2.30 bits per heavy atom. The van der Waals surface area contributed by atoms with E-state index in [-0.39, 0.29) is 5.02 Å². The largest absolute Gasteiger partial charge is 0.438 e. The van der Waals surface area contributed by atoms with Crippen molar-refractivity contribution in [3.05, 3.63) is 57.5 Å². The van der Waals surface area contributed by atoms with E-state index in [1.165, 1.54) is 13.2 Å². The van der Waals surface area contributed by atoms with E-state index in [1.54, 1.807) is 6.07 Å². The zero-order valence-electron chi connectivity index (χ0n) is 10.3. The number of benzene rings is 2. The number of hydrogen-bond donors (Lipinski definition) is 0. The lowest BCUT2D eigenvalue weighted by Gasteiger charge is -2.22. The van der Waals surface area contributed by atoms with Gasteiger partial charge in [-0.3, -0.25) is 0 Å². The van der Waals surface area contributed by atoms with Crippen LogP contribution in [0.2, 0.25) is 15.1 Å². The van der Waals surface area contributed by atoms with Crippen LogP contribution in [0.3, 0.4) is 0 Å². The normalized spacial score (nSPS) is 13.8. The summed E-state index contributed by atoms with van der Waals surface area (Å²) in [6.07, 6.45) is 0. The van der Waals surface area contributed by atoms with Crippen LogP contribution in [0.5, 0.6) is 5.75 Å². The second-order valence-electron chi connectivity index (χ2n) is 3.81. The van der Waals surface area contributed by atoms with Gasteiger partial charge in [0.05, 0.1) is 5.02 Å². The van der Waals surface area contributed by atoms with E-state index in [1.807, 2.05) is 30.3 Å². The molecule has 0 bridgehead atoms. The number of hydrogen-bond acceptors (Lipinski definition) is 3. The minimum atomic E-state index is -2.71. The van der Waals surface area contributed by atoms with E-state index in [0.717, 1.165) is 5.30 Å². The highest BCUT2D eigenvalue weighted by Gasteiger charge is 2.24. The van der Waals surface area contributed by atoms with Gasteiger partial charge in [0.25, 0.3) is 6.49 Å². The van der Waals surface area contributed by atoms with Gasteiger partial charge in [-0.25, -0.2) is 0 Å². The molecule has 1 unspecified atom stereocenters. The van der Waals surface area contributed by atoms with E-state index in [4.69, 9.17) is 55.7 Å². The molecule has 1 atom stereocenters. The third-order valence-corrected chi connectivity index (χ3v) is 6.65. The molecule has 0 fully saturated rings. The maximum absolute atomic E-state index is 6.12. The molecule has 2 rings (SSSR count). The number of rotatable bonds is 4. The van der Waals surface area contributed by atoms with Crippen LogP contribution < -0.4 is 9.83 Å². The summed E-state index contributed by atoms with van der Waals surface area (Å²) in [4.78, 5) is 0. The molecule has 2 nitrogen and oxygen atoms in total. The summed E-state index contributed by atoms with van der Waals surface area (Å²) in [5.74, 6) is 0.318. The van der Waals surface area contributed by atoms with Crippen molar-refractivity contribution < 1.29 is 9.05 Å². The lowest BCUT2D eigenvalue weighted by molar-refractivity contribution is 0.402. The quantitative estimate of drug-likeness (QED) is 0.539. The van der Waals surface area contributed by atoms with Crippen molar-refractivity contribution in [1.82, 2.24) is 0 Å². The van der Waals surface area contributed by atoms with Crippen LogP contribution in [0.25, 0.3) is 0 Å². The van der Waals surface area contributed by atoms with E-state index in [0.29, 0.717) is 15.8 Å². The van der Waals surface area contributed by atoms with Gasteiger partial charge in [0.15, 0.2) is 0 Å². The lowest BCUT2D eigenvalue weighted by Crippen LogP contribution is -2.10. The van der Waals surface area contributed by atoms with Crippen LogP contribution in [0, 0.1) is 0 Å². The van der Waals surface area contributed by atoms with Gasteiger partial charge in [-0.1, -0.05) is 53.0 Å². The summed E-state index contributed by atoms with van der Waals surface area (Å²) in [6, 6.07) is 12.4. The summed E-state index contributed by atoms with van der Waals surface area (Å²) in [5, 5.41) is 1.77. The third kappa shape index (κ3) is 3.48. The Morgan fingerprint density at radius 2 is 1.70 bits per heavy atom. The van der Waals surface area contributed by atoms with Gasteiger partial charge in [-0.05, 0) is 30.0 Å². The van der Waals surface area contributed by atoms with Crippen molar-refractivity contribution in [2.24, 2.45) is 0 Å². The van der Waals surface area contributed by atoms with Gasteiger partial charge in [0.2, 0.25) is 0 Å². The monoisotopic (exact) mass is 366 g/mol. The number of halogens is 3. The van der Waals surface area contributed by atoms with Gasteiger partial charge in [-0.2, -0.15) is 0 Å². The average molecular weight is 368 g/mol. The van der Waals surface area contributed by atoms with E-state index in [2.05, 4.69) is 0 Å². The maximum atomic E-state index is 6.12. The predicted octanol–water partition coefficient (Wildman–Crippen LogP) is 5.31. The Bertz CT molecular complexity index is 664. The minimum Gasteiger partial charge on any atom is -0.438 e. The van der Waals surface area contributed by atoms with Gasteiger partial charge >= 0.3 is 0 Å². The summed E-state index contributed by atoms with van der Waals surface area (Å²) in [6.45, 7) is -2.71.